The second-order valence-corrected chi connectivity index (χ2v) is 7.59. The maximum absolute atomic E-state index is 12.1. The molecular formula is C17H13BrCl2N2O. The van der Waals surface area contributed by atoms with Gasteiger partial charge in [0.15, 0.2) is 0 Å². The molecule has 2 unspecified atom stereocenters. The average molecular weight is 412 g/mol. The van der Waals surface area contributed by atoms with E-state index >= 15 is 0 Å². The van der Waals surface area contributed by atoms with Gasteiger partial charge >= 0.3 is 0 Å². The first-order valence-electron chi connectivity index (χ1n) is 7.02. The van der Waals surface area contributed by atoms with Gasteiger partial charge in [-0.3, -0.25) is 4.79 Å². The third-order valence-corrected chi connectivity index (χ3v) is 5.45. The van der Waals surface area contributed by atoms with Crippen LogP contribution in [0, 0.1) is 5.92 Å². The van der Waals surface area contributed by atoms with Crippen LogP contribution in [0.15, 0.2) is 64.2 Å². The summed E-state index contributed by atoms with van der Waals surface area (Å²) in [6.45, 7) is 0. The number of hydrazone groups is 1. The third-order valence-electron chi connectivity index (χ3n) is 3.79. The minimum absolute atomic E-state index is 0.0175. The number of hydrogen-bond acceptors (Lipinski definition) is 2. The average Bonchev–Trinajstić information content (AvgIpc) is 3.09. The predicted octanol–water partition coefficient (Wildman–Crippen LogP) is 4.75. The maximum Gasteiger partial charge on any atom is 0.272 e. The van der Waals surface area contributed by atoms with E-state index in [0.717, 1.165) is 5.56 Å². The molecule has 2 atom stereocenters. The Morgan fingerprint density at radius 1 is 1.13 bits per heavy atom. The highest BCUT2D eigenvalue weighted by Gasteiger charge is 2.63. The lowest BCUT2D eigenvalue weighted by Gasteiger charge is -2.01. The summed E-state index contributed by atoms with van der Waals surface area (Å²) in [5, 5.41) is 4.01. The van der Waals surface area contributed by atoms with Crippen LogP contribution in [0.25, 0.3) is 0 Å². The van der Waals surface area contributed by atoms with Crippen molar-refractivity contribution in [3.05, 3.63) is 70.2 Å². The Morgan fingerprint density at radius 2 is 1.78 bits per heavy atom. The molecule has 6 heteroatoms. The van der Waals surface area contributed by atoms with Crippen molar-refractivity contribution in [1.82, 2.24) is 5.43 Å². The van der Waals surface area contributed by atoms with E-state index in [-0.39, 0.29) is 17.7 Å². The van der Waals surface area contributed by atoms with Gasteiger partial charge in [0.05, 0.1) is 5.56 Å². The topological polar surface area (TPSA) is 41.5 Å². The number of amides is 1. The van der Waals surface area contributed by atoms with Crippen molar-refractivity contribution in [2.45, 2.75) is 10.3 Å². The number of benzene rings is 2. The van der Waals surface area contributed by atoms with Crippen LogP contribution < -0.4 is 5.43 Å². The Bertz CT molecular complexity index is 749. The van der Waals surface area contributed by atoms with E-state index in [1.54, 1.807) is 24.4 Å². The number of hydrogen-bond donors (Lipinski definition) is 1. The summed E-state index contributed by atoms with van der Waals surface area (Å²) in [5.41, 5.74) is 4.08. The van der Waals surface area contributed by atoms with Gasteiger partial charge in [-0.25, -0.2) is 5.43 Å². The summed E-state index contributed by atoms with van der Waals surface area (Å²) in [5.74, 6) is -0.440. The Labute approximate surface area is 152 Å². The van der Waals surface area contributed by atoms with Gasteiger partial charge in [0.2, 0.25) is 0 Å². The fourth-order valence-corrected chi connectivity index (χ4v) is 3.73. The van der Waals surface area contributed by atoms with Gasteiger partial charge in [0, 0.05) is 22.5 Å². The molecule has 2 aromatic rings. The van der Waals surface area contributed by atoms with Crippen molar-refractivity contribution < 1.29 is 4.79 Å². The number of carbonyl (C=O) groups is 1. The second kappa shape index (κ2) is 6.63. The predicted molar refractivity (Wildman–Crippen MR) is 97.2 cm³/mol. The molecule has 1 N–H and O–H groups in total. The highest BCUT2D eigenvalue weighted by molar-refractivity contribution is 9.10. The first kappa shape index (κ1) is 16.5. The zero-order valence-electron chi connectivity index (χ0n) is 11.9. The smallest absolute Gasteiger partial charge is 0.267 e. The summed E-state index contributed by atoms with van der Waals surface area (Å²) >= 11 is 16.0. The number of nitrogens with one attached hydrogen (secondary N) is 1. The Balaban J connectivity index is 1.65. The standard InChI is InChI=1S/C17H13BrCl2N2O/c18-14-9-5-4-8-12(14)16(23)22-21-10-13-15(17(13,19)20)11-6-2-1-3-7-11/h1-10,13,15H,(H,22,23)/b21-10+. The van der Waals surface area contributed by atoms with Crippen LogP contribution in [0.3, 0.4) is 0 Å². The van der Waals surface area contributed by atoms with Gasteiger partial charge in [0.25, 0.3) is 5.91 Å². The summed E-state index contributed by atoms with van der Waals surface area (Å²) in [6.07, 6.45) is 1.60. The van der Waals surface area contributed by atoms with Gasteiger partial charge in [0.1, 0.15) is 4.33 Å². The monoisotopic (exact) mass is 410 g/mol. The van der Waals surface area contributed by atoms with Crippen LogP contribution in [-0.4, -0.2) is 16.5 Å². The molecule has 3 nitrogen and oxygen atoms in total. The molecule has 0 heterocycles. The quantitative estimate of drug-likeness (QED) is 0.440. The first-order valence-corrected chi connectivity index (χ1v) is 8.57. The zero-order chi connectivity index (χ0) is 16.4. The highest BCUT2D eigenvalue weighted by Crippen LogP contribution is 2.63. The Morgan fingerprint density at radius 3 is 2.48 bits per heavy atom. The van der Waals surface area contributed by atoms with Crippen LogP contribution in [0.5, 0.6) is 0 Å². The van der Waals surface area contributed by atoms with Crippen molar-refractivity contribution in [2.75, 3.05) is 0 Å². The summed E-state index contributed by atoms with van der Waals surface area (Å²) in [7, 11) is 0. The molecule has 0 saturated heterocycles. The number of nitrogens with zero attached hydrogens (tertiary/aromatic N) is 1. The number of carbonyl (C=O) groups excluding carboxylic acids is 1. The highest BCUT2D eigenvalue weighted by atomic mass is 79.9. The molecule has 0 bridgehead atoms. The Kier molecular flexibility index (Phi) is 4.76. The Hall–Kier alpha value is -1.36. The summed E-state index contributed by atoms with van der Waals surface area (Å²) in [4.78, 5) is 12.1. The van der Waals surface area contributed by atoms with E-state index in [9.17, 15) is 4.79 Å². The molecule has 0 aliphatic heterocycles. The van der Waals surface area contributed by atoms with Crippen LogP contribution in [-0.2, 0) is 0 Å². The van der Waals surface area contributed by atoms with E-state index in [1.807, 2.05) is 36.4 Å². The molecule has 0 radical (unpaired) electrons. The van der Waals surface area contributed by atoms with Crippen LogP contribution >= 0.6 is 39.1 Å². The molecule has 2 aromatic carbocycles. The van der Waals surface area contributed by atoms with Gasteiger partial charge < -0.3 is 0 Å². The first-order chi connectivity index (χ1) is 11.0. The summed E-state index contributed by atoms with van der Waals surface area (Å²) < 4.78 is -0.173. The third kappa shape index (κ3) is 3.44. The van der Waals surface area contributed by atoms with Crippen molar-refractivity contribution >= 4 is 51.3 Å². The number of halogens is 3. The van der Waals surface area contributed by atoms with Crippen molar-refractivity contribution in [2.24, 2.45) is 11.0 Å². The minimum atomic E-state index is -0.886. The largest absolute Gasteiger partial charge is 0.272 e. The van der Waals surface area contributed by atoms with E-state index in [1.165, 1.54) is 0 Å². The second-order valence-electron chi connectivity index (χ2n) is 5.29. The lowest BCUT2D eigenvalue weighted by Crippen LogP contribution is -2.18. The zero-order valence-corrected chi connectivity index (χ0v) is 15.0. The molecule has 0 aromatic heterocycles. The van der Waals surface area contributed by atoms with Gasteiger partial charge in [-0.05, 0) is 33.6 Å². The fourth-order valence-electron chi connectivity index (χ4n) is 2.51. The molecule has 1 fully saturated rings. The van der Waals surface area contributed by atoms with Crippen molar-refractivity contribution in [3.63, 3.8) is 0 Å². The molecule has 1 saturated carbocycles. The van der Waals surface area contributed by atoms with Crippen LogP contribution in [0.4, 0.5) is 0 Å². The van der Waals surface area contributed by atoms with E-state index in [0.29, 0.717) is 10.0 Å². The van der Waals surface area contributed by atoms with Crippen LogP contribution in [0.1, 0.15) is 21.8 Å². The van der Waals surface area contributed by atoms with E-state index < -0.39 is 4.33 Å². The molecular weight excluding hydrogens is 399 g/mol. The SMILES string of the molecule is O=C(N/N=C/C1C(c2ccccc2)C1(Cl)Cl)c1ccccc1Br. The van der Waals surface area contributed by atoms with Gasteiger partial charge in [-0.15, -0.1) is 23.2 Å². The maximum atomic E-state index is 12.1. The van der Waals surface area contributed by atoms with E-state index in [4.69, 9.17) is 23.2 Å². The lowest BCUT2D eigenvalue weighted by atomic mass is 10.1. The summed E-state index contributed by atoms with van der Waals surface area (Å²) in [6, 6.07) is 16.9. The molecule has 23 heavy (non-hydrogen) atoms. The molecule has 0 spiro atoms. The van der Waals surface area contributed by atoms with Gasteiger partial charge in [-0.2, -0.15) is 5.10 Å². The van der Waals surface area contributed by atoms with Gasteiger partial charge in [-0.1, -0.05) is 42.5 Å². The van der Waals surface area contributed by atoms with E-state index in [2.05, 4.69) is 26.5 Å². The minimum Gasteiger partial charge on any atom is -0.267 e. The van der Waals surface area contributed by atoms with Crippen LogP contribution in [0.2, 0.25) is 0 Å². The molecule has 1 amide bonds. The molecule has 1 aliphatic rings. The molecule has 3 rings (SSSR count). The number of rotatable bonds is 4. The fraction of sp³-hybridized carbons (Fsp3) is 0.176. The number of alkyl halides is 2. The normalized spacial score (nSPS) is 22.0. The molecule has 1 aliphatic carbocycles. The van der Waals surface area contributed by atoms with Crippen molar-refractivity contribution in [3.8, 4) is 0 Å². The van der Waals surface area contributed by atoms with Crippen molar-refractivity contribution in [1.29, 1.82) is 0 Å². The lowest BCUT2D eigenvalue weighted by molar-refractivity contribution is 0.0954. The molecule has 118 valence electrons.